The standard InChI is InChI=1S/C25H18BrCl2NO4S/c1-2-32-21-11-16(19(26)13-22(21)33-14-15-5-3-4-6-20(15)28)12-23-24(30)29(25(31)34-23)18-9-7-17(27)8-10-18/h3-13H,2,14H2,1H3/b23-12+. The van der Waals surface area contributed by atoms with Crippen molar-refractivity contribution in [3.8, 4) is 11.5 Å². The lowest BCUT2D eigenvalue weighted by atomic mass is 10.1. The van der Waals surface area contributed by atoms with Gasteiger partial charge in [0, 0.05) is 20.1 Å². The van der Waals surface area contributed by atoms with Crippen LogP contribution in [-0.2, 0) is 11.4 Å². The Kier molecular flexibility index (Phi) is 7.88. The van der Waals surface area contributed by atoms with Crippen LogP contribution in [0.1, 0.15) is 18.1 Å². The first-order valence-corrected chi connectivity index (χ1v) is 12.6. The normalized spacial score (nSPS) is 14.7. The van der Waals surface area contributed by atoms with Crippen molar-refractivity contribution in [3.63, 3.8) is 0 Å². The molecule has 4 rings (SSSR count). The molecule has 0 saturated carbocycles. The Hall–Kier alpha value is -2.45. The SMILES string of the molecule is CCOc1cc(/C=C2/SC(=O)N(c3ccc(Cl)cc3)C2=O)c(Br)cc1OCc1ccccc1Cl. The van der Waals surface area contributed by atoms with Crippen LogP contribution in [0.4, 0.5) is 10.5 Å². The zero-order valence-corrected chi connectivity index (χ0v) is 21.8. The van der Waals surface area contributed by atoms with E-state index in [4.69, 9.17) is 32.7 Å². The van der Waals surface area contributed by atoms with Crippen LogP contribution in [-0.4, -0.2) is 17.8 Å². The number of carbonyl (C=O) groups is 2. The van der Waals surface area contributed by atoms with E-state index in [2.05, 4.69) is 15.9 Å². The summed E-state index contributed by atoms with van der Waals surface area (Å²) in [6.45, 7) is 2.57. The number of ether oxygens (including phenoxy) is 2. The van der Waals surface area contributed by atoms with E-state index >= 15 is 0 Å². The number of halogens is 3. The lowest BCUT2D eigenvalue weighted by Gasteiger charge is -2.15. The number of carbonyl (C=O) groups excluding carboxylic acids is 2. The zero-order chi connectivity index (χ0) is 24.2. The molecule has 0 bridgehead atoms. The monoisotopic (exact) mass is 577 g/mol. The van der Waals surface area contributed by atoms with Crippen LogP contribution in [0.15, 0.2) is 70.0 Å². The zero-order valence-electron chi connectivity index (χ0n) is 17.9. The van der Waals surface area contributed by atoms with E-state index < -0.39 is 5.91 Å². The summed E-state index contributed by atoms with van der Waals surface area (Å²) in [7, 11) is 0. The molecule has 174 valence electrons. The van der Waals surface area contributed by atoms with E-state index in [-0.39, 0.29) is 11.8 Å². The summed E-state index contributed by atoms with van der Waals surface area (Å²) in [5, 5.41) is 0.766. The number of thioether (sulfide) groups is 1. The molecule has 34 heavy (non-hydrogen) atoms. The summed E-state index contributed by atoms with van der Waals surface area (Å²) < 4.78 is 12.4. The Bertz CT molecular complexity index is 1280. The van der Waals surface area contributed by atoms with Crippen molar-refractivity contribution in [2.24, 2.45) is 0 Å². The molecule has 0 unspecified atom stereocenters. The molecule has 0 radical (unpaired) electrons. The molecule has 1 heterocycles. The van der Waals surface area contributed by atoms with Gasteiger partial charge in [0.05, 0.1) is 17.2 Å². The summed E-state index contributed by atoms with van der Waals surface area (Å²) in [6, 6.07) is 17.5. The molecule has 3 aromatic carbocycles. The van der Waals surface area contributed by atoms with Crippen LogP contribution in [0.3, 0.4) is 0 Å². The Morgan fingerprint density at radius 2 is 1.71 bits per heavy atom. The minimum Gasteiger partial charge on any atom is -0.490 e. The van der Waals surface area contributed by atoms with Gasteiger partial charge in [0.2, 0.25) is 0 Å². The molecule has 9 heteroatoms. The maximum atomic E-state index is 13.0. The highest BCUT2D eigenvalue weighted by atomic mass is 79.9. The number of nitrogens with zero attached hydrogens (tertiary/aromatic N) is 1. The number of hydrogen-bond donors (Lipinski definition) is 0. The Balaban J connectivity index is 1.61. The van der Waals surface area contributed by atoms with Gasteiger partial charge in [0.1, 0.15) is 6.61 Å². The van der Waals surface area contributed by atoms with Crippen LogP contribution in [0, 0.1) is 0 Å². The fraction of sp³-hybridized carbons (Fsp3) is 0.120. The van der Waals surface area contributed by atoms with Crippen LogP contribution in [0.25, 0.3) is 6.08 Å². The molecular formula is C25H18BrCl2NO4S. The quantitative estimate of drug-likeness (QED) is 0.266. The van der Waals surface area contributed by atoms with E-state index in [9.17, 15) is 9.59 Å². The van der Waals surface area contributed by atoms with Crippen molar-refractivity contribution in [2.45, 2.75) is 13.5 Å². The number of imide groups is 1. The van der Waals surface area contributed by atoms with Crippen molar-refractivity contribution in [2.75, 3.05) is 11.5 Å². The van der Waals surface area contributed by atoms with Crippen molar-refractivity contribution in [3.05, 3.63) is 91.2 Å². The first-order valence-electron chi connectivity index (χ1n) is 10.2. The molecule has 1 fully saturated rings. The van der Waals surface area contributed by atoms with Gasteiger partial charge in [-0.15, -0.1) is 0 Å². The molecule has 0 aromatic heterocycles. The molecular weight excluding hydrogens is 561 g/mol. The second-order valence-electron chi connectivity index (χ2n) is 7.13. The van der Waals surface area contributed by atoms with Crippen molar-refractivity contribution >= 4 is 73.8 Å². The summed E-state index contributed by atoms with van der Waals surface area (Å²) >= 11 is 16.6. The molecule has 1 saturated heterocycles. The molecule has 2 amide bonds. The van der Waals surface area contributed by atoms with Crippen molar-refractivity contribution in [1.29, 1.82) is 0 Å². The van der Waals surface area contributed by atoms with Gasteiger partial charge in [-0.2, -0.15) is 0 Å². The maximum absolute atomic E-state index is 13.0. The first kappa shape index (κ1) is 24.7. The molecule has 1 aliphatic heterocycles. The highest BCUT2D eigenvalue weighted by Gasteiger charge is 2.36. The number of rotatable bonds is 7. The highest BCUT2D eigenvalue weighted by molar-refractivity contribution is 9.10. The Morgan fingerprint density at radius 1 is 1.00 bits per heavy atom. The van der Waals surface area contributed by atoms with Crippen molar-refractivity contribution < 1.29 is 19.1 Å². The van der Waals surface area contributed by atoms with Crippen LogP contribution in [0.5, 0.6) is 11.5 Å². The van der Waals surface area contributed by atoms with E-state index in [1.54, 1.807) is 48.5 Å². The first-order chi connectivity index (χ1) is 16.4. The second kappa shape index (κ2) is 10.9. The van der Waals surface area contributed by atoms with Crippen LogP contribution < -0.4 is 14.4 Å². The molecule has 3 aromatic rings. The minimum atomic E-state index is -0.402. The molecule has 0 N–H and O–H groups in total. The van der Waals surface area contributed by atoms with Gasteiger partial charge in [-0.05, 0) is 72.8 Å². The summed E-state index contributed by atoms with van der Waals surface area (Å²) in [5.74, 6) is 0.641. The minimum absolute atomic E-state index is 0.269. The Morgan fingerprint density at radius 3 is 2.41 bits per heavy atom. The fourth-order valence-electron chi connectivity index (χ4n) is 3.24. The van der Waals surface area contributed by atoms with Gasteiger partial charge in [-0.1, -0.05) is 57.3 Å². The molecule has 0 atom stereocenters. The third-order valence-corrected chi connectivity index (χ3v) is 7.05. The smallest absolute Gasteiger partial charge is 0.298 e. The van der Waals surface area contributed by atoms with Crippen LogP contribution >= 0.6 is 50.9 Å². The topological polar surface area (TPSA) is 55.8 Å². The average molecular weight is 579 g/mol. The summed E-state index contributed by atoms with van der Waals surface area (Å²) in [5.41, 5.74) is 1.99. The number of benzene rings is 3. The fourth-order valence-corrected chi connectivity index (χ4v) is 4.82. The maximum Gasteiger partial charge on any atom is 0.298 e. The number of hydrogen-bond acceptors (Lipinski definition) is 5. The van der Waals surface area contributed by atoms with Gasteiger partial charge >= 0.3 is 0 Å². The largest absolute Gasteiger partial charge is 0.490 e. The van der Waals surface area contributed by atoms with Gasteiger partial charge in [-0.25, -0.2) is 4.90 Å². The average Bonchev–Trinajstić information content (AvgIpc) is 3.09. The number of anilines is 1. The van der Waals surface area contributed by atoms with Crippen LogP contribution in [0.2, 0.25) is 10.0 Å². The van der Waals surface area contributed by atoms with Gasteiger partial charge in [0.25, 0.3) is 11.1 Å². The van der Waals surface area contributed by atoms with Gasteiger partial charge < -0.3 is 9.47 Å². The van der Waals surface area contributed by atoms with E-state index in [1.165, 1.54) is 0 Å². The lowest BCUT2D eigenvalue weighted by Crippen LogP contribution is -2.27. The lowest BCUT2D eigenvalue weighted by molar-refractivity contribution is -0.113. The van der Waals surface area contributed by atoms with E-state index in [0.717, 1.165) is 22.2 Å². The molecule has 1 aliphatic rings. The van der Waals surface area contributed by atoms with E-state index in [1.807, 2.05) is 25.1 Å². The van der Waals surface area contributed by atoms with Gasteiger partial charge in [0.15, 0.2) is 11.5 Å². The third kappa shape index (κ3) is 5.44. The molecule has 0 spiro atoms. The second-order valence-corrected chi connectivity index (χ2v) is 9.82. The molecule has 5 nitrogen and oxygen atoms in total. The van der Waals surface area contributed by atoms with E-state index in [0.29, 0.717) is 48.8 Å². The van der Waals surface area contributed by atoms with Gasteiger partial charge in [-0.3, -0.25) is 9.59 Å². The number of amides is 2. The predicted molar refractivity (Wildman–Crippen MR) is 141 cm³/mol. The Labute approximate surface area is 219 Å². The summed E-state index contributed by atoms with van der Waals surface area (Å²) in [6.07, 6.45) is 1.66. The molecule has 0 aliphatic carbocycles. The van der Waals surface area contributed by atoms with Crippen molar-refractivity contribution in [1.82, 2.24) is 0 Å². The summed E-state index contributed by atoms with van der Waals surface area (Å²) in [4.78, 5) is 27.0. The highest BCUT2D eigenvalue weighted by Crippen LogP contribution is 2.40. The predicted octanol–water partition coefficient (Wildman–Crippen LogP) is 7.97. The third-order valence-electron chi connectivity index (χ3n) is 4.87.